The van der Waals surface area contributed by atoms with Gasteiger partial charge < -0.3 is 16.2 Å². The Morgan fingerprint density at radius 1 is 1.16 bits per heavy atom. The highest BCUT2D eigenvalue weighted by Gasteiger charge is 2.11. The first-order valence-corrected chi connectivity index (χ1v) is 6.02. The average Bonchev–Trinajstić information content (AvgIpc) is 2.39. The van der Waals surface area contributed by atoms with E-state index in [9.17, 15) is 9.90 Å². The fraction of sp³-hybridized carbons (Fsp3) is 0.133. The lowest BCUT2D eigenvalue weighted by atomic mass is 10.1. The number of nitrogens with one attached hydrogen (secondary N) is 1. The molecule has 1 amide bonds. The molecule has 0 aromatic heterocycles. The lowest BCUT2D eigenvalue weighted by Crippen LogP contribution is -2.13. The third-order valence-electron chi connectivity index (χ3n) is 2.83. The summed E-state index contributed by atoms with van der Waals surface area (Å²) >= 11 is 0. The van der Waals surface area contributed by atoms with Crippen LogP contribution in [0.2, 0.25) is 0 Å². The van der Waals surface area contributed by atoms with E-state index in [0.29, 0.717) is 22.5 Å². The molecular formula is C15H16N2O2. The van der Waals surface area contributed by atoms with Gasteiger partial charge in [0.2, 0.25) is 0 Å². The van der Waals surface area contributed by atoms with Crippen LogP contribution in [0.3, 0.4) is 0 Å². The van der Waals surface area contributed by atoms with Crippen LogP contribution in [0.25, 0.3) is 0 Å². The van der Waals surface area contributed by atoms with E-state index in [1.54, 1.807) is 43.3 Å². The molecular weight excluding hydrogens is 240 g/mol. The molecule has 4 nitrogen and oxygen atoms in total. The van der Waals surface area contributed by atoms with E-state index >= 15 is 0 Å². The highest BCUT2D eigenvalue weighted by molar-refractivity contribution is 6.04. The maximum atomic E-state index is 12.1. The Balaban J connectivity index is 2.22. The minimum atomic E-state index is -0.636. The first kappa shape index (κ1) is 13.1. The number of nitrogen functional groups attached to an aromatic ring is 1. The number of aliphatic hydroxyl groups is 1. The monoisotopic (exact) mass is 256 g/mol. The van der Waals surface area contributed by atoms with Crippen LogP contribution >= 0.6 is 0 Å². The minimum Gasteiger partial charge on any atom is -0.399 e. The number of carbonyl (C=O) groups is 1. The van der Waals surface area contributed by atoms with Crippen molar-refractivity contribution in [3.8, 4) is 0 Å². The lowest BCUT2D eigenvalue weighted by Gasteiger charge is -2.13. The van der Waals surface area contributed by atoms with Gasteiger partial charge in [-0.05, 0) is 37.3 Å². The van der Waals surface area contributed by atoms with E-state index in [1.165, 1.54) is 0 Å². The Morgan fingerprint density at radius 2 is 1.79 bits per heavy atom. The molecule has 19 heavy (non-hydrogen) atoms. The van der Waals surface area contributed by atoms with Crippen LogP contribution in [0.4, 0.5) is 11.4 Å². The molecule has 4 N–H and O–H groups in total. The summed E-state index contributed by atoms with van der Waals surface area (Å²) in [6.07, 6.45) is -0.636. The maximum absolute atomic E-state index is 12.1. The van der Waals surface area contributed by atoms with Gasteiger partial charge in [0, 0.05) is 22.5 Å². The lowest BCUT2D eigenvalue weighted by molar-refractivity contribution is 0.102. The van der Waals surface area contributed by atoms with Gasteiger partial charge >= 0.3 is 0 Å². The number of hydrogen-bond acceptors (Lipinski definition) is 3. The van der Waals surface area contributed by atoms with Gasteiger partial charge in [-0.1, -0.05) is 18.2 Å². The molecule has 1 atom stereocenters. The smallest absolute Gasteiger partial charge is 0.255 e. The number of benzene rings is 2. The summed E-state index contributed by atoms with van der Waals surface area (Å²) in [6, 6.07) is 13.8. The Morgan fingerprint density at radius 3 is 2.42 bits per heavy atom. The molecule has 1 unspecified atom stereocenters. The first-order chi connectivity index (χ1) is 9.08. The molecule has 2 rings (SSSR count). The van der Waals surface area contributed by atoms with E-state index in [-0.39, 0.29) is 5.91 Å². The summed E-state index contributed by atoms with van der Waals surface area (Å²) in [7, 11) is 0. The number of aliphatic hydroxyl groups excluding tert-OH is 1. The van der Waals surface area contributed by atoms with Gasteiger partial charge in [0.05, 0.1) is 6.10 Å². The van der Waals surface area contributed by atoms with Crippen molar-refractivity contribution in [2.45, 2.75) is 13.0 Å². The zero-order chi connectivity index (χ0) is 13.8. The summed E-state index contributed by atoms with van der Waals surface area (Å²) in [6.45, 7) is 1.66. The topological polar surface area (TPSA) is 75.3 Å². The molecule has 0 bridgehead atoms. The van der Waals surface area contributed by atoms with Crippen LogP contribution in [0, 0.1) is 0 Å². The van der Waals surface area contributed by atoms with E-state index < -0.39 is 6.10 Å². The van der Waals surface area contributed by atoms with Gasteiger partial charge in [0.1, 0.15) is 0 Å². The molecule has 0 saturated heterocycles. The Kier molecular flexibility index (Phi) is 3.82. The van der Waals surface area contributed by atoms with Crippen molar-refractivity contribution in [1.29, 1.82) is 0 Å². The van der Waals surface area contributed by atoms with Crippen molar-refractivity contribution < 1.29 is 9.90 Å². The standard InChI is InChI=1S/C15H16N2O2/c1-10(18)13-4-2-3-5-14(13)17-15(19)11-6-8-12(16)9-7-11/h2-10,18H,16H2,1H3,(H,17,19). The molecule has 0 spiro atoms. The molecule has 0 radical (unpaired) electrons. The number of rotatable bonds is 3. The van der Waals surface area contributed by atoms with Gasteiger partial charge in [-0.25, -0.2) is 0 Å². The third kappa shape index (κ3) is 3.11. The average molecular weight is 256 g/mol. The fourth-order valence-corrected chi connectivity index (χ4v) is 1.80. The van der Waals surface area contributed by atoms with Crippen molar-refractivity contribution in [3.63, 3.8) is 0 Å². The van der Waals surface area contributed by atoms with Crippen LogP contribution in [-0.4, -0.2) is 11.0 Å². The van der Waals surface area contributed by atoms with Gasteiger partial charge in [-0.3, -0.25) is 4.79 Å². The second-order valence-corrected chi connectivity index (χ2v) is 4.34. The van der Waals surface area contributed by atoms with Crippen molar-refractivity contribution in [2.75, 3.05) is 11.1 Å². The molecule has 0 aliphatic rings. The highest BCUT2D eigenvalue weighted by Crippen LogP contribution is 2.22. The highest BCUT2D eigenvalue weighted by atomic mass is 16.3. The predicted molar refractivity (Wildman–Crippen MR) is 75.9 cm³/mol. The van der Waals surface area contributed by atoms with Gasteiger partial charge in [-0.2, -0.15) is 0 Å². The van der Waals surface area contributed by atoms with Crippen molar-refractivity contribution in [1.82, 2.24) is 0 Å². The van der Waals surface area contributed by atoms with E-state index in [4.69, 9.17) is 5.73 Å². The zero-order valence-corrected chi connectivity index (χ0v) is 10.6. The van der Waals surface area contributed by atoms with Crippen LogP contribution in [0.5, 0.6) is 0 Å². The number of anilines is 2. The minimum absolute atomic E-state index is 0.229. The van der Waals surface area contributed by atoms with Gasteiger partial charge in [-0.15, -0.1) is 0 Å². The molecule has 98 valence electrons. The second kappa shape index (κ2) is 5.54. The number of carbonyl (C=O) groups excluding carboxylic acids is 1. The number of hydrogen-bond donors (Lipinski definition) is 3. The van der Waals surface area contributed by atoms with Gasteiger partial charge in [0.15, 0.2) is 0 Å². The summed E-state index contributed by atoms with van der Waals surface area (Å²) < 4.78 is 0. The largest absolute Gasteiger partial charge is 0.399 e. The molecule has 0 heterocycles. The SMILES string of the molecule is CC(O)c1ccccc1NC(=O)c1ccc(N)cc1. The molecule has 2 aromatic rings. The molecule has 0 saturated carbocycles. The maximum Gasteiger partial charge on any atom is 0.255 e. The normalized spacial score (nSPS) is 11.9. The Bertz CT molecular complexity index is 577. The summed E-state index contributed by atoms with van der Waals surface area (Å²) in [5, 5.41) is 12.4. The Labute approximate surface area is 111 Å². The summed E-state index contributed by atoms with van der Waals surface area (Å²) in [5.41, 5.74) is 8.01. The van der Waals surface area contributed by atoms with E-state index in [2.05, 4.69) is 5.32 Å². The zero-order valence-electron chi connectivity index (χ0n) is 10.6. The van der Waals surface area contributed by atoms with Crippen LogP contribution in [-0.2, 0) is 0 Å². The second-order valence-electron chi connectivity index (χ2n) is 4.34. The fourth-order valence-electron chi connectivity index (χ4n) is 1.80. The molecule has 0 aliphatic heterocycles. The number of nitrogens with two attached hydrogens (primary N) is 1. The van der Waals surface area contributed by atoms with E-state index in [0.717, 1.165) is 0 Å². The van der Waals surface area contributed by atoms with E-state index in [1.807, 2.05) is 12.1 Å². The first-order valence-electron chi connectivity index (χ1n) is 6.02. The molecule has 2 aromatic carbocycles. The number of amides is 1. The number of para-hydroxylation sites is 1. The van der Waals surface area contributed by atoms with Crippen molar-refractivity contribution >= 4 is 17.3 Å². The van der Waals surface area contributed by atoms with Crippen molar-refractivity contribution in [3.05, 3.63) is 59.7 Å². The summed E-state index contributed by atoms with van der Waals surface area (Å²) in [5.74, 6) is -0.229. The Hall–Kier alpha value is -2.33. The van der Waals surface area contributed by atoms with Crippen LogP contribution < -0.4 is 11.1 Å². The molecule has 4 heteroatoms. The van der Waals surface area contributed by atoms with Crippen molar-refractivity contribution in [2.24, 2.45) is 0 Å². The van der Waals surface area contributed by atoms with Crippen LogP contribution in [0.1, 0.15) is 28.9 Å². The summed E-state index contributed by atoms with van der Waals surface area (Å²) in [4.78, 5) is 12.1. The third-order valence-corrected chi connectivity index (χ3v) is 2.83. The predicted octanol–water partition coefficient (Wildman–Crippen LogP) is 2.57. The molecule has 0 aliphatic carbocycles. The molecule has 0 fully saturated rings. The quantitative estimate of drug-likeness (QED) is 0.739. The van der Waals surface area contributed by atoms with Gasteiger partial charge in [0.25, 0.3) is 5.91 Å². The van der Waals surface area contributed by atoms with Crippen LogP contribution in [0.15, 0.2) is 48.5 Å².